The van der Waals surface area contributed by atoms with Gasteiger partial charge in [0, 0.05) is 12.2 Å². The summed E-state index contributed by atoms with van der Waals surface area (Å²) in [5.41, 5.74) is 2.91. The summed E-state index contributed by atoms with van der Waals surface area (Å²) >= 11 is 1.47. The summed E-state index contributed by atoms with van der Waals surface area (Å²) in [7, 11) is 1.37. The fraction of sp³-hybridized carbons (Fsp3) is 0.381. The lowest BCUT2D eigenvalue weighted by Crippen LogP contribution is -2.38. The van der Waals surface area contributed by atoms with E-state index in [1.54, 1.807) is 0 Å². The Morgan fingerprint density at radius 3 is 2.64 bits per heavy atom. The number of thioether (sulfide) groups is 1. The molecule has 0 fully saturated rings. The quantitative estimate of drug-likeness (QED) is 0.740. The van der Waals surface area contributed by atoms with Gasteiger partial charge < -0.3 is 15.0 Å². The Bertz CT molecular complexity index is 859. The van der Waals surface area contributed by atoms with E-state index in [-0.39, 0.29) is 18.4 Å². The zero-order valence-corrected chi connectivity index (χ0v) is 17.4. The second-order valence-corrected chi connectivity index (χ2v) is 8.01. The van der Waals surface area contributed by atoms with E-state index in [9.17, 15) is 9.59 Å². The Labute approximate surface area is 169 Å². The maximum absolute atomic E-state index is 12.6. The van der Waals surface area contributed by atoms with Crippen molar-refractivity contribution in [2.45, 2.75) is 33.2 Å². The zero-order valence-electron chi connectivity index (χ0n) is 16.6. The number of rotatable bonds is 6. The van der Waals surface area contributed by atoms with Crippen molar-refractivity contribution >= 4 is 28.8 Å². The normalized spacial score (nSPS) is 18.6. The van der Waals surface area contributed by atoms with Crippen molar-refractivity contribution in [1.82, 2.24) is 10.2 Å². The van der Waals surface area contributed by atoms with Crippen molar-refractivity contribution in [3.63, 3.8) is 0 Å². The number of amides is 1. The molecule has 2 heterocycles. The predicted octanol–water partition coefficient (Wildman–Crippen LogP) is 3.60. The average molecular weight is 400 g/mol. The number of aliphatic imine (C=N–C) groups is 1. The first-order valence-electron chi connectivity index (χ1n) is 9.26. The molecule has 1 N–H and O–H groups in total. The Kier molecular flexibility index (Phi) is 6.24. The summed E-state index contributed by atoms with van der Waals surface area (Å²) in [5, 5.41) is 5.66. The number of fused-ring (bicyclic) bond motifs is 1. The number of nitrogens with zero attached hydrogens (tertiary/aromatic N) is 2. The fourth-order valence-corrected chi connectivity index (χ4v) is 4.20. The number of benzene rings is 1. The molecule has 0 aromatic heterocycles. The van der Waals surface area contributed by atoms with Crippen LogP contribution in [0.4, 0.5) is 0 Å². The molecule has 0 saturated heterocycles. The molecule has 148 valence electrons. The van der Waals surface area contributed by atoms with Gasteiger partial charge in [0.1, 0.15) is 0 Å². The maximum atomic E-state index is 12.6. The molecule has 7 heteroatoms. The van der Waals surface area contributed by atoms with E-state index in [1.165, 1.54) is 18.9 Å². The molecule has 1 amide bonds. The lowest BCUT2D eigenvalue weighted by molar-refractivity contribution is -0.136. The number of carbonyl (C=O) groups is 2. The van der Waals surface area contributed by atoms with Crippen LogP contribution >= 0.6 is 11.8 Å². The SMILES string of the molecule is COC(=O)C1=C(C)N=C2SC=C(CC(=O)NCC(C)C)N2[C@@H]1c1ccccc1. The van der Waals surface area contributed by atoms with Gasteiger partial charge in [-0.1, -0.05) is 55.9 Å². The first kappa shape index (κ1) is 20.2. The van der Waals surface area contributed by atoms with Crippen molar-refractivity contribution in [1.29, 1.82) is 0 Å². The van der Waals surface area contributed by atoms with Gasteiger partial charge >= 0.3 is 5.97 Å². The number of ether oxygens (including phenoxy) is 1. The molecule has 2 aliphatic heterocycles. The topological polar surface area (TPSA) is 71.0 Å². The molecule has 1 aromatic rings. The van der Waals surface area contributed by atoms with Crippen LogP contribution in [0, 0.1) is 5.92 Å². The first-order valence-corrected chi connectivity index (χ1v) is 10.1. The van der Waals surface area contributed by atoms with E-state index < -0.39 is 5.97 Å². The van der Waals surface area contributed by atoms with Crippen LogP contribution in [-0.4, -0.2) is 35.6 Å². The van der Waals surface area contributed by atoms with Crippen LogP contribution < -0.4 is 5.32 Å². The number of methoxy groups -OCH3 is 1. The third-order valence-corrected chi connectivity index (χ3v) is 5.46. The van der Waals surface area contributed by atoms with Crippen molar-refractivity contribution < 1.29 is 14.3 Å². The number of allylic oxidation sites excluding steroid dienone is 1. The number of hydrogen-bond acceptors (Lipinski definition) is 6. The third-order valence-electron chi connectivity index (χ3n) is 4.57. The Hall–Kier alpha value is -2.54. The van der Waals surface area contributed by atoms with Gasteiger partial charge in [-0.2, -0.15) is 0 Å². The minimum absolute atomic E-state index is 0.0421. The number of nitrogens with one attached hydrogen (secondary N) is 1. The summed E-state index contributed by atoms with van der Waals surface area (Å²) in [6.45, 7) is 6.57. The Morgan fingerprint density at radius 2 is 2.00 bits per heavy atom. The van der Waals surface area contributed by atoms with E-state index >= 15 is 0 Å². The number of esters is 1. The summed E-state index contributed by atoms with van der Waals surface area (Å²) < 4.78 is 5.04. The van der Waals surface area contributed by atoms with Crippen LogP contribution in [0.1, 0.15) is 38.8 Å². The first-order chi connectivity index (χ1) is 13.4. The van der Waals surface area contributed by atoms with E-state index in [4.69, 9.17) is 4.74 Å². The Balaban J connectivity index is 1.95. The Morgan fingerprint density at radius 1 is 1.29 bits per heavy atom. The van der Waals surface area contributed by atoms with Crippen LogP contribution in [0.15, 0.2) is 57.7 Å². The number of carbonyl (C=O) groups excluding carboxylic acids is 2. The van der Waals surface area contributed by atoms with Crippen LogP contribution in [-0.2, 0) is 14.3 Å². The standard InChI is InChI=1S/C21H25N3O3S/c1-13(2)11-22-17(25)10-16-12-28-21-23-14(3)18(20(26)27-4)19(24(16)21)15-8-6-5-7-9-15/h5-9,12-13,19H,10-11H2,1-4H3,(H,22,25)/t19-/m1/s1. The highest BCUT2D eigenvalue weighted by atomic mass is 32.2. The van der Waals surface area contributed by atoms with Crippen molar-refractivity contribution in [3.8, 4) is 0 Å². The molecule has 28 heavy (non-hydrogen) atoms. The van der Waals surface area contributed by atoms with Gasteiger partial charge in [0.05, 0.1) is 30.8 Å². The van der Waals surface area contributed by atoms with Crippen molar-refractivity contribution in [3.05, 3.63) is 58.3 Å². The molecule has 0 aliphatic carbocycles. The van der Waals surface area contributed by atoms with E-state index in [1.807, 2.05) is 47.6 Å². The molecule has 0 unspecified atom stereocenters. The second-order valence-electron chi connectivity index (χ2n) is 7.17. The zero-order chi connectivity index (χ0) is 20.3. The molecule has 0 spiro atoms. The van der Waals surface area contributed by atoms with Gasteiger partial charge in [-0.15, -0.1) is 0 Å². The molecule has 2 aliphatic rings. The molecule has 1 atom stereocenters. The minimum atomic E-state index is -0.408. The van der Waals surface area contributed by atoms with E-state index in [0.29, 0.717) is 23.7 Å². The van der Waals surface area contributed by atoms with Gasteiger partial charge in [-0.05, 0) is 23.8 Å². The third kappa shape index (κ3) is 4.14. The van der Waals surface area contributed by atoms with E-state index in [0.717, 1.165) is 16.4 Å². The van der Waals surface area contributed by atoms with Crippen molar-refractivity contribution in [2.24, 2.45) is 10.9 Å². The fourth-order valence-electron chi connectivity index (χ4n) is 3.24. The molecule has 1 aromatic carbocycles. The number of amidine groups is 1. The molecular weight excluding hydrogens is 374 g/mol. The van der Waals surface area contributed by atoms with Gasteiger partial charge in [0.15, 0.2) is 5.17 Å². The average Bonchev–Trinajstić information content (AvgIpc) is 3.07. The maximum Gasteiger partial charge on any atom is 0.338 e. The molecule has 6 nitrogen and oxygen atoms in total. The van der Waals surface area contributed by atoms with Crippen molar-refractivity contribution in [2.75, 3.05) is 13.7 Å². The van der Waals surface area contributed by atoms with Crippen LogP contribution in [0.25, 0.3) is 0 Å². The van der Waals surface area contributed by atoms with Gasteiger partial charge in [-0.3, -0.25) is 4.79 Å². The van der Waals surface area contributed by atoms with Crippen LogP contribution in [0.5, 0.6) is 0 Å². The van der Waals surface area contributed by atoms with Gasteiger partial charge in [0.2, 0.25) is 5.91 Å². The van der Waals surface area contributed by atoms with Crippen LogP contribution in [0.2, 0.25) is 0 Å². The highest BCUT2D eigenvalue weighted by Crippen LogP contribution is 2.44. The van der Waals surface area contributed by atoms with Gasteiger partial charge in [0.25, 0.3) is 0 Å². The summed E-state index contributed by atoms with van der Waals surface area (Å²) in [4.78, 5) is 31.6. The number of hydrogen-bond donors (Lipinski definition) is 1. The molecule has 0 bridgehead atoms. The highest BCUT2D eigenvalue weighted by Gasteiger charge is 2.40. The van der Waals surface area contributed by atoms with Gasteiger partial charge in [-0.25, -0.2) is 9.79 Å². The molecule has 0 saturated carbocycles. The highest BCUT2D eigenvalue weighted by molar-refractivity contribution is 8.16. The van der Waals surface area contributed by atoms with Crippen LogP contribution in [0.3, 0.4) is 0 Å². The summed E-state index contributed by atoms with van der Waals surface area (Å²) in [5.74, 6) is -0.0641. The predicted molar refractivity (Wildman–Crippen MR) is 111 cm³/mol. The largest absolute Gasteiger partial charge is 0.466 e. The summed E-state index contributed by atoms with van der Waals surface area (Å²) in [6, 6.07) is 9.39. The smallest absolute Gasteiger partial charge is 0.338 e. The monoisotopic (exact) mass is 399 g/mol. The molecular formula is C21H25N3O3S. The second kappa shape index (κ2) is 8.65. The molecule has 0 radical (unpaired) electrons. The lowest BCUT2D eigenvalue weighted by Gasteiger charge is -2.36. The lowest BCUT2D eigenvalue weighted by atomic mass is 9.94. The minimum Gasteiger partial charge on any atom is -0.466 e. The van der Waals surface area contributed by atoms with E-state index in [2.05, 4.69) is 24.2 Å². The summed E-state index contributed by atoms with van der Waals surface area (Å²) in [6.07, 6.45) is 0.232. The molecule has 3 rings (SSSR count).